The van der Waals surface area contributed by atoms with Gasteiger partial charge in [0.25, 0.3) is 0 Å². The smallest absolute Gasteiger partial charge is 0.140 e. The molecule has 2 nitrogen and oxygen atoms in total. The van der Waals surface area contributed by atoms with Gasteiger partial charge in [-0.3, -0.25) is 4.79 Å². The average Bonchev–Trinajstić information content (AvgIpc) is 2.66. The van der Waals surface area contributed by atoms with Gasteiger partial charge in [-0.2, -0.15) is 0 Å². The second kappa shape index (κ2) is 2.90. The molecule has 0 spiro atoms. The number of aliphatic hydroxyl groups excluding tert-OH is 1. The summed E-state index contributed by atoms with van der Waals surface area (Å²) in [6.07, 6.45) is 6.42. The van der Waals surface area contributed by atoms with Gasteiger partial charge in [0.1, 0.15) is 5.78 Å². The lowest BCUT2D eigenvalue weighted by Gasteiger charge is -2.55. The first-order chi connectivity index (χ1) is 7.50. The van der Waals surface area contributed by atoms with Crippen LogP contribution in [0.2, 0.25) is 0 Å². The molecule has 0 aromatic carbocycles. The first-order valence-electron chi connectivity index (χ1n) is 6.64. The van der Waals surface area contributed by atoms with Crippen molar-refractivity contribution in [2.24, 2.45) is 22.2 Å². The summed E-state index contributed by atoms with van der Waals surface area (Å²) in [5.41, 5.74) is -0.139. The molecule has 0 heterocycles. The summed E-state index contributed by atoms with van der Waals surface area (Å²) in [5.74, 6) is 1.06. The highest BCUT2D eigenvalue weighted by molar-refractivity contribution is 5.91. The molecule has 0 aromatic heterocycles. The van der Waals surface area contributed by atoms with Crippen LogP contribution in [0.15, 0.2) is 0 Å². The number of carbonyl (C=O) groups is 1. The van der Waals surface area contributed by atoms with Crippen LogP contribution in [0.1, 0.15) is 52.4 Å². The van der Waals surface area contributed by atoms with Gasteiger partial charge >= 0.3 is 0 Å². The van der Waals surface area contributed by atoms with Gasteiger partial charge in [-0.05, 0) is 37.0 Å². The Bertz CT molecular complexity index is 351. The van der Waals surface area contributed by atoms with Crippen molar-refractivity contribution in [3.05, 3.63) is 0 Å². The zero-order chi connectivity index (χ0) is 11.6. The minimum atomic E-state index is -0.183. The maximum Gasteiger partial charge on any atom is 0.140 e. The summed E-state index contributed by atoms with van der Waals surface area (Å²) in [5, 5.41) is 9.79. The number of aliphatic hydroxyl groups is 1. The number of rotatable bonds is 1. The third-order valence-corrected chi connectivity index (χ3v) is 6.46. The highest BCUT2D eigenvalue weighted by atomic mass is 16.3. The van der Waals surface area contributed by atoms with Gasteiger partial charge in [0.2, 0.25) is 0 Å². The molecule has 1 N–H and O–H groups in total. The van der Waals surface area contributed by atoms with E-state index in [0.717, 1.165) is 19.3 Å². The van der Waals surface area contributed by atoms with Crippen LogP contribution in [0.3, 0.4) is 0 Å². The Balaban J connectivity index is 2.18. The normalized spacial score (nSPS) is 55.4. The van der Waals surface area contributed by atoms with Crippen molar-refractivity contribution in [1.82, 2.24) is 0 Å². The minimum absolute atomic E-state index is 0.150. The lowest BCUT2D eigenvalue weighted by Crippen LogP contribution is -2.55. The Morgan fingerprint density at radius 1 is 1.31 bits per heavy atom. The Labute approximate surface area is 97.4 Å². The first kappa shape index (κ1) is 10.8. The summed E-state index contributed by atoms with van der Waals surface area (Å²) in [6, 6.07) is 0. The number of hydrogen-bond acceptors (Lipinski definition) is 2. The van der Waals surface area contributed by atoms with Gasteiger partial charge < -0.3 is 5.11 Å². The maximum absolute atomic E-state index is 12.5. The maximum atomic E-state index is 12.5. The van der Waals surface area contributed by atoms with Crippen molar-refractivity contribution in [2.75, 3.05) is 6.61 Å². The Kier molecular flexibility index (Phi) is 1.95. The zero-order valence-electron chi connectivity index (χ0n) is 10.4. The summed E-state index contributed by atoms with van der Waals surface area (Å²) < 4.78 is 0. The molecule has 3 aliphatic carbocycles. The monoisotopic (exact) mass is 222 g/mol. The molecular formula is C14H22O2. The summed E-state index contributed by atoms with van der Waals surface area (Å²) in [6.45, 7) is 4.65. The molecule has 16 heavy (non-hydrogen) atoms. The summed E-state index contributed by atoms with van der Waals surface area (Å²) in [4.78, 5) is 12.5. The van der Waals surface area contributed by atoms with Crippen LogP contribution in [0.4, 0.5) is 0 Å². The average molecular weight is 222 g/mol. The van der Waals surface area contributed by atoms with Gasteiger partial charge in [0, 0.05) is 23.9 Å². The van der Waals surface area contributed by atoms with E-state index in [0.29, 0.717) is 11.7 Å². The van der Waals surface area contributed by atoms with E-state index in [2.05, 4.69) is 13.8 Å². The van der Waals surface area contributed by atoms with Gasteiger partial charge in [-0.25, -0.2) is 0 Å². The van der Waals surface area contributed by atoms with E-state index in [1.165, 1.54) is 19.3 Å². The molecule has 3 rings (SSSR count). The van der Waals surface area contributed by atoms with Gasteiger partial charge in [0.15, 0.2) is 0 Å². The van der Waals surface area contributed by atoms with Crippen molar-refractivity contribution in [1.29, 1.82) is 0 Å². The molecule has 4 atom stereocenters. The van der Waals surface area contributed by atoms with Crippen LogP contribution in [-0.2, 0) is 4.79 Å². The topological polar surface area (TPSA) is 37.3 Å². The quantitative estimate of drug-likeness (QED) is 0.740. The molecule has 0 saturated heterocycles. The van der Waals surface area contributed by atoms with Crippen LogP contribution in [0.25, 0.3) is 0 Å². The number of carbonyl (C=O) groups excluding carboxylic acids is 1. The van der Waals surface area contributed by atoms with Crippen molar-refractivity contribution in [3.63, 3.8) is 0 Å². The molecule has 0 radical (unpaired) electrons. The molecule has 3 fully saturated rings. The molecule has 2 heteroatoms. The second-order valence-electron chi connectivity index (χ2n) is 6.76. The molecule has 3 aliphatic rings. The van der Waals surface area contributed by atoms with Crippen molar-refractivity contribution in [3.8, 4) is 0 Å². The number of ketones is 1. The SMILES string of the molecule is C[C@@]1(CO)CCC[C@]2(C)[C@H]3CC[C@@]12C(=O)C3. The highest BCUT2D eigenvalue weighted by Gasteiger charge is 2.73. The van der Waals surface area contributed by atoms with E-state index in [-0.39, 0.29) is 22.9 Å². The van der Waals surface area contributed by atoms with Crippen molar-refractivity contribution in [2.45, 2.75) is 52.4 Å². The Hall–Kier alpha value is -0.370. The third kappa shape index (κ3) is 0.848. The van der Waals surface area contributed by atoms with E-state index in [4.69, 9.17) is 0 Å². The van der Waals surface area contributed by atoms with Crippen LogP contribution >= 0.6 is 0 Å². The fourth-order valence-electron chi connectivity index (χ4n) is 5.55. The molecule has 0 aromatic rings. The molecule has 90 valence electrons. The third-order valence-electron chi connectivity index (χ3n) is 6.46. The minimum Gasteiger partial charge on any atom is -0.396 e. The largest absolute Gasteiger partial charge is 0.396 e. The van der Waals surface area contributed by atoms with Gasteiger partial charge in [-0.1, -0.05) is 20.3 Å². The highest BCUT2D eigenvalue weighted by Crippen LogP contribution is 2.74. The van der Waals surface area contributed by atoms with E-state index < -0.39 is 0 Å². The van der Waals surface area contributed by atoms with E-state index in [9.17, 15) is 9.90 Å². The summed E-state index contributed by atoms with van der Waals surface area (Å²) in [7, 11) is 0. The molecule has 3 saturated carbocycles. The van der Waals surface area contributed by atoms with Crippen molar-refractivity contribution < 1.29 is 9.90 Å². The van der Waals surface area contributed by atoms with E-state index in [1.54, 1.807) is 0 Å². The molecule has 0 unspecified atom stereocenters. The first-order valence-corrected chi connectivity index (χ1v) is 6.64. The van der Waals surface area contributed by atoms with E-state index >= 15 is 0 Å². The lowest BCUT2D eigenvalue weighted by molar-refractivity contribution is -0.152. The molecular weight excluding hydrogens is 200 g/mol. The predicted molar refractivity (Wildman–Crippen MR) is 61.9 cm³/mol. The van der Waals surface area contributed by atoms with Gasteiger partial charge in [-0.15, -0.1) is 0 Å². The van der Waals surface area contributed by atoms with Crippen LogP contribution in [0, 0.1) is 22.2 Å². The van der Waals surface area contributed by atoms with Crippen LogP contribution < -0.4 is 0 Å². The Morgan fingerprint density at radius 3 is 2.69 bits per heavy atom. The Morgan fingerprint density at radius 2 is 2.06 bits per heavy atom. The second-order valence-corrected chi connectivity index (χ2v) is 6.76. The fourth-order valence-corrected chi connectivity index (χ4v) is 5.55. The standard InChI is InChI=1S/C14H22O2/c1-12(9-15)5-3-6-13(2)10-4-7-14(12,13)11(16)8-10/h10,15H,3-9H2,1-2H3/t10-,12-,13+,14+/m0/s1. The lowest BCUT2D eigenvalue weighted by atomic mass is 9.48. The van der Waals surface area contributed by atoms with E-state index in [1.807, 2.05) is 0 Å². The predicted octanol–water partition coefficient (Wildman–Crippen LogP) is 2.54. The van der Waals surface area contributed by atoms with Gasteiger partial charge in [0.05, 0.1) is 0 Å². The fraction of sp³-hybridized carbons (Fsp3) is 0.929. The number of Topliss-reactive ketones (excluding diaryl/α,β-unsaturated/α-hetero) is 1. The molecule has 0 aliphatic heterocycles. The number of hydrogen-bond donors (Lipinski definition) is 1. The molecule has 2 bridgehead atoms. The summed E-state index contributed by atoms with van der Waals surface area (Å²) >= 11 is 0. The van der Waals surface area contributed by atoms with Crippen LogP contribution in [-0.4, -0.2) is 17.5 Å². The zero-order valence-corrected chi connectivity index (χ0v) is 10.4. The van der Waals surface area contributed by atoms with Crippen LogP contribution in [0.5, 0.6) is 0 Å². The van der Waals surface area contributed by atoms with Crippen molar-refractivity contribution >= 4 is 5.78 Å². The molecule has 0 amide bonds.